The number of hydrogen-bond donors (Lipinski definition) is 0. The zero-order valence-electron chi connectivity index (χ0n) is 27.5. The lowest BCUT2D eigenvalue weighted by atomic mass is 10.1. The number of benzene rings is 6. The van der Waals surface area contributed by atoms with E-state index in [2.05, 4.69) is 0 Å². The van der Waals surface area contributed by atoms with Gasteiger partial charge in [0.25, 0.3) is 0 Å². The SMILES string of the molecule is O=S(=O)(c1ccc(Oc2ccc(-c3ccc(OCC4CO4)cc3)cc2)cc1)c1ccc(Oc2ccc(-c3ccc(OCC4CO4)cc3)cc2)cc1. The fourth-order valence-corrected chi connectivity index (χ4v) is 6.67. The van der Waals surface area contributed by atoms with E-state index in [1.807, 2.05) is 97.1 Å². The molecule has 8 rings (SSSR count). The van der Waals surface area contributed by atoms with E-state index in [9.17, 15) is 8.42 Å². The summed E-state index contributed by atoms with van der Waals surface area (Å²) in [6.07, 6.45) is 0.440. The third-order valence-electron chi connectivity index (χ3n) is 8.50. The summed E-state index contributed by atoms with van der Waals surface area (Å²) in [5.41, 5.74) is 4.20. The van der Waals surface area contributed by atoms with Crippen molar-refractivity contribution in [2.24, 2.45) is 0 Å². The van der Waals surface area contributed by atoms with Crippen molar-refractivity contribution in [3.05, 3.63) is 146 Å². The van der Waals surface area contributed by atoms with Crippen molar-refractivity contribution >= 4 is 9.84 Å². The van der Waals surface area contributed by atoms with Gasteiger partial charge in [0.1, 0.15) is 59.9 Å². The Morgan fingerprint density at radius 3 is 0.941 bits per heavy atom. The maximum absolute atomic E-state index is 13.4. The normalized spacial score (nSPS) is 16.2. The van der Waals surface area contributed by atoms with E-state index in [1.54, 1.807) is 48.5 Å². The molecule has 6 aromatic rings. The molecule has 8 nitrogen and oxygen atoms in total. The van der Waals surface area contributed by atoms with Crippen molar-refractivity contribution in [2.75, 3.05) is 26.4 Å². The summed E-state index contributed by atoms with van der Waals surface area (Å²) >= 11 is 0. The average Bonchev–Trinajstić information content (AvgIpc) is 4.12. The molecule has 2 aliphatic rings. The number of sulfone groups is 1. The Morgan fingerprint density at radius 2 is 0.667 bits per heavy atom. The van der Waals surface area contributed by atoms with Crippen LogP contribution in [0, 0.1) is 0 Å². The molecule has 2 atom stereocenters. The van der Waals surface area contributed by atoms with Crippen molar-refractivity contribution < 1.29 is 36.8 Å². The van der Waals surface area contributed by atoms with Gasteiger partial charge in [0.2, 0.25) is 9.84 Å². The van der Waals surface area contributed by atoms with Gasteiger partial charge in [0.15, 0.2) is 0 Å². The van der Waals surface area contributed by atoms with E-state index in [0.717, 1.165) is 47.0 Å². The van der Waals surface area contributed by atoms with Gasteiger partial charge in [-0.15, -0.1) is 0 Å². The van der Waals surface area contributed by atoms with E-state index in [-0.39, 0.29) is 22.0 Å². The Morgan fingerprint density at radius 1 is 0.412 bits per heavy atom. The Hall–Kier alpha value is -5.61. The van der Waals surface area contributed by atoms with Crippen LogP contribution in [0.5, 0.6) is 34.5 Å². The second-order valence-electron chi connectivity index (χ2n) is 12.3. The van der Waals surface area contributed by atoms with Crippen LogP contribution in [0.4, 0.5) is 0 Å². The van der Waals surface area contributed by atoms with Crippen LogP contribution in [0.25, 0.3) is 22.3 Å². The summed E-state index contributed by atoms with van der Waals surface area (Å²) < 4.78 is 60.6. The van der Waals surface area contributed by atoms with Crippen LogP contribution >= 0.6 is 0 Å². The molecule has 0 aromatic heterocycles. The molecule has 0 bridgehead atoms. The van der Waals surface area contributed by atoms with Gasteiger partial charge in [-0.05, 0) is 119 Å². The molecule has 0 saturated carbocycles. The monoisotopic (exact) mass is 698 g/mol. The molecule has 2 aliphatic heterocycles. The maximum atomic E-state index is 13.4. The molecule has 2 unspecified atom stereocenters. The number of hydrogen-bond acceptors (Lipinski definition) is 8. The summed E-state index contributed by atoms with van der Waals surface area (Å²) in [6, 6.07) is 44.1. The molecule has 6 aromatic carbocycles. The zero-order valence-corrected chi connectivity index (χ0v) is 28.3. The number of epoxide rings is 2. The smallest absolute Gasteiger partial charge is 0.206 e. The zero-order chi connectivity index (χ0) is 34.6. The minimum Gasteiger partial charge on any atom is -0.491 e. The topological polar surface area (TPSA) is 96.1 Å². The molecule has 2 fully saturated rings. The van der Waals surface area contributed by atoms with Gasteiger partial charge in [-0.2, -0.15) is 0 Å². The van der Waals surface area contributed by atoms with Gasteiger partial charge in [-0.25, -0.2) is 8.42 Å². The van der Waals surface area contributed by atoms with Crippen molar-refractivity contribution in [3.63, 3.8) is 0 Å². The average molecular weight is 699 g/mol. The van der Waals surface area contributed by atoms with Crippen molar-refractivity contribution in [1.29, 1.82) is 0 Å². The van der Waals surface area contributed by atoms with Gasteiger partial charge < -0.3 is 28.4 Å². The summed E-state index contributed by atoms with van der Waals surface area (Å²) in [5.74, 6) is 3.97. The standard InChI is InChI=1S/C42H34O8S/c43-51(44,41-21-17-37(18-22-41)49-35-13-5-31(6-14-35)29-1-9-33(10-2-29)45-25-39-27-47-39)42-23-19-38(20-24-42)50-36-15-7-32(8-16-36)30-3-11-34(12-4-30)46-26-40-28-48-40/h1-24,39-40H,25-28H2. The summed E-state index contributed by atoms with van der Waals surface area (Å²) in [6.45, 7) is 2.68. The van der Waals surface area contributed by atoms with Gasteiger partial charge in [-0.1, -0.05) is 48.5 Å². The lowest BCUT2D eigenvalue weighted by Crippen LogP contribution is -2.03. The second-order valence-corrected chi connectivity index (χ2v) is 14.2. The van der Waals surface area contributed by atoms with Gasteiger partial charge in [0, 0.05) is 0 Å². The van der Waals surface area contributed by atoms with E-state index < -0.39 is 9.84 Å². The first kappa shape index (κ1) is 32.6. The third kappa shape index (κ3) is 8.24. The molecule has 0 N–H and O–H groups in total. The number of ether oxygens (including phenoxy) is 6. The highest BCUT2D eigenvalue weighted by atomic mass is 32.2. The van der Waals surface area contributed by atoms with Crippen LogP contribution in [0.3, 0.4) is 0 Å². The van der Waals surface area contributed by atoms with Crippen molar-refractivity contribution in [1.82, 2.24) is 0 Å². The summed E-state index contributed by atoms with van der Waals surface area (Å²) in [7, 11) is -3.75. The van der Waals surface area contributed by atoms with E-state index in [1.165, 1.54) is 0 Å². The molecule has 0 radical (unpaired) electrons. The first-order valence-electron chi connectivity index (χ1n) is 16.7. The number of rotatable bonds is 14. The molecule has 9 heteroatoms. The fraction of sp³-hybridized carbons (Fsp3) is 0.143. The fourth-order valence-electron chi connectivity index (χ4n) is 5.41. The van der Waals surface area contributed by atoms with E-state index in [4.69, 9.17) is 28.4 Å². The lowest BCUT2D eigenvalue weighted by molar-refractivity contribution is 0.263. The largest absolute Gasteiger partial charge is 0.491 e. The van der Waals surface area contributed by atoms with Gasteiger partial charge in [0.05, 0.1) is 23.0 Å². The highest BCUT2D eigenvalue weighted by Crippen LogP contribution is 2.31. The Balaban J connectivity index is 0.849. The maximum Gasteiger partial charge on any atom is 0.206 e. The van der Waals surface area contributed by atoms with Crippen LogP contribution in [0.1, 0.15) is 0 Å². The van der Waals surface area contributed by atoms with E-state index in [0.29, 0.717) is 36.2 Å². The molecule has 0 aliphatic carbocycles. The van der Waals surface area contributed by atoms with Crippen LogP contribution in [-0.4, -0.2) is 47.1 Å². The predicted molar refractivity (Wildman–Crippen MR) is 193 cm³/mol. The quantitative estimate of drug-likeness (QED) is 0.104. The van der Waals surface area contributed by atoms with Gasteiger partial charge >= 0.3 is 0 Å². The van der Waals surface area contributed by atoms with Crippen molar-refractivity contribution in [3.8, 4) is 56.8 Å². The molecule has 2 heterocycles. The Kier molecular flexibility index (Phi) is 9.15. The lowest BCUT2D eigenvalue weighted by Gasteiger charge is -2.10. The molecule has 0 amide bonds. The second kappa shape index (κ2) is 14.3. The van der Waals surface area contributed by atoms with Crippen molar-refractivity contribution in [2.45, 2.75) is 22.0 Å². The van der Waals surface area contributed by atoms with Crippen LogP contribution < -0.4 is 18.9 Å². The Bertz CT molecular complexity index is 2020. The minimum absolute atomic E-state index is 0.170. The Labute approximate surface area is 296 Å². The van der Waals surface area contributed by atoms with Gasteiger partial charge in [-0.3, -0.25) is 0 Å². The van der Waals surface area contributed by atoms with E-state index >= 15 is 0 Å². The highest BCUT2D eigenvalue weighted by molar-refractivity contribution is 7.91. The van der Waals surface area contributed by atoms with Crippen LogP contribution in [0.2, 0.25) is 0 Å². The summed E-state index contributed by atoms with van der Waals surface area (Å²) in [5, 5.41) is 0. The third-order valence-corrected chi connectivity index (χ3v) is 10.3. The predicted octanol–water partition coefficient (Wildman–Crippen LogP) is 8.99. The highest BCUT2D eigenvalue weighted by Gasteiger charge is 2.24. The first-order chi connectivity index (χ1) is 24.9. The van der Waals surface area contributed by atoms with Crippen LogP contribution in [0.15, 0.2) is 155 Å². The molecular weight excluding hydrogens is 665 g/mol. The molecule has 256 valence electrons. The molecule has 51 heavy (non-hydrogen) atoms. The molecular formula is C42H34O8S. The van der Waals surface area contributed by atoms with Crippen LogP contribution in [-0.2, 0) is 19.3 Å². The first-order valence-corrected chi connectivity index (χ1v) is 18.1. The molecule has 0 spiro atoms. The minimum atomic E-state index is -3.75. The molecule has 2 saturated heterocycles. The summed E-state index contributed by atoms with van der Waals surface area (Å²) in [4.78, 5) is 0.339.